The van der Waals surface area contributed by atoms with E-state index in [9.17, 15) is 17.6 Å². The van der Waals surface area contributed by atoms with E-state index in [-0.39, 0.29) is 21.6 Å². The first-order valence-electron chi connectivity index (χ1n) is 11.8. The van der Waals surface area contributed by atoms with Gasteiger partial charge in [-0.3, -0.25) is 9.10 Å². The smallest absolute Gasteiger partial charge is 0.264 e. The third kappa shape index (κ3) is 5.20. The summed E-state index contributed by atoms with van der Waals surface area (Å²) in [6, 6.07) is 18.5. The Bertz CT molecular complexity index is 1350. The summed E-state index contributed by atoms with van der Waals surface area (Å²) in [7, 11) is -4.15. The lowest BCUT2D eigenvalue weighted by molar-refractivity contribution is -0.121. The zero-order valence-electron chi connectivity index (χ0n) is 20.1. The number of hydrogen-bond acceptors (Lipinski definition) is 4. The van der Waals surface area contributed by atoms with Crippen LogP contribution in [0.4, 0.5) is 10.1 Å². The molecule has 3 aromatic rings. The Labute approximate surface area is 216 Å². The van der Waals surface area contributed by atoms with E-state index in [1.807, 2.05) is 38.1 Å². The summed E-state index contributed by atoms with van der Waals surface area (Å²) in [5, 5.41) is 2.78. The van der Waals surface area contributed by atoms with Gasteiger partial charge in [0, 0.05) is 12.0 Å². The highest BCUT2D eigenvalue weighted by Crippen LogP contribution is 2.42. The number of amides is 1. The van der Waals surface area contributed by atoms with Gasteiger partial charge in [0.1, 0.15) is 23.7 Å². The number of carbonyl (C=O) groups excluding carboxylic acids is 1. The fourth-order valence-corrected chi connectivity index (χ4v) is 6.08. The molecule has 1 amide bonds. The molecular weight excluding hydrogens is 503 g/mol. The summed E-state index contributed by atoms with van der Waals surface area (Å²) in [4.78, 5) is 13.4. The fraction of sp³-hybridized carbons (Fsp3) is 0.296. The van der Waals surface area contributed by atoms with Gasteiger partial charge < -0.3 is 10.1 Å². The summed E-state index contributed by atoms with van der Waals surface area (Å²) in [5.41, 5.74) is 0.488. The maximum atomic E-state index is 13.8. The number of rotatable bonds is 8. The SMILES string of the molecule is CCC1(CC)C[C@@H](NC(=O)CN(c2ccc(F)c(Cl)c2)S(=O)(=O)c2ccccc2)c2ccccc2O1. The van der Waals surface area contributed by atoms with Gasteiger partial charge in [-0.15, -0.1) is 0 Å². The van der Waals surface area contributed by atoms with E-state index >= 15 is 0 Å². The van der Waals surface area contributed by atoms with Gasteiger partial charge in [-0.25, -0.2) is 12.8 Å². The van der Waals surface area contributed by atoms with Gasteiger partial charge in [-0.05, 0) is 49.2 Å². The highest BCUT2D eigenvalue weighted by atomic mass is 35.5. The van der Waals surface area contributed by atoms with Crippen molar-refractivity contribution in [3.8, 4) is 5.75 Å². The maximum Gasteiger partial charge on any atom is 0.264 e. The normalized spacial score (nSPS) is 16.5. The topological polar surface area (TPSA) is 75.7 Å². The number of sulfonamides is 1. The monoisotopic (exact) mass is 530 g/mol. The van der Waals surface area contributed by atoms with Crippen molar-refractivity contribution in [2.45, 2.75) is 49.6 Å². The minimum absolute atomic E-state index is 0.00522. The molecule has 1 aliphatic rings. The average Bonchev–Trinajstić information content (AvgIpc) is 2.89. The van der Waals surface area contributed by atoms with E-state index in [1.54, 1.807) is 18.2 Å². The van der Waals surface area contributed by atoms with Gasteiger partial charge >= 0.3 is 0 Å². The van der Waals surface area contributed by atoms with Crippen molar-refractivity contribution < 1.29 is 22.3 Å². The Balaban J connectivity index is 1.66. The zero-order valence-corrected chi connectivity index (χ0v) is 21.7. The van der Waals surface area contributed by atoms with Crippen LogP contribution < -0.4 is 14.4 Å². The van der Waals surface area contributed by atoms with Crippen molar-refractivity contribution in [3.05, 3.63) is 89.2 Å². The molecule has 1 N–H and O–H groups in total. The lowest BCUT2D eigenvalue weighted by Crippen LogP contribution is -2.47. The van der Waals surface area contributed by atoms with Crippen LogP contribution in [0.1, 0.15) is 44.7 Å². The third-order valence-corrected chi connectivity index (χ3v) is 8.71. The molecule has 0 unspecified atom stereocenters. The van der Waals surface area contributed by atoms with Crippen molar-refractivity contribution in [3.63, 3.8) is 0 Å². The number of carbonyl (C=O) groups is 1. The second-order valence-corrected chi connectivity index (χ2v) is 11.0. The van der Waals surface area contributed by atoms with Gasteiger partial charge in [0.2, 0.25) is 5.91 Å². The molecule has 0 fully saturated rings. The summed E-state index contributed by atoms with van der Waals surface area (Å²) < 4.78 is 48.2. The van der Waals surface area contributed by atoms with Crippen LogP contribution >= 0.6 is 11.6 Å². The molecule has 0 aliphatic carbocycles. The van der Waals surface area contributed by atoms with E-state index in [0.717, 1.165) is 28.8 Å². The summed E-state index contributed by atoms with van der Waals surface area (Å²) in [5.74, 6) is -0.481. The summed E-state index contributed by atoms with van der Waals surface area (Å²) in [6.45, 7) is 3.58. The predicted octanol–water partition coefficient (Wildman–Crippen LogP) is 5.87. The maximum absolute atomic E-state index is 13.8. The van der Waals surface area contributed by atoms with Gasteiger partial charge in [0.15, 0.2) is 0 Å². The minimum atomic E-state index is -4.15. The van der Waals surface area contributed by atoms with Crippen LogP contribution in [0.5, 0.6) is 5.75 Å². The lowest BCUT2D eigenvalue weighted by atomic mass is 9.83. The van der Waals surface area contributed by atoms with Gasteiger partial charge in [0.05, 0.1) is 21.6 Å². The third-order valence-electron chi connectivity index (χ3n) is 6.63. The van der Waals surface area contributed by atoms with Gasteiger partial charge in [-0.2, -0.15) is 0 Å². The van der Waals surface area contributed by atoms with E-state index in [4.69, 9.17) is 16.3 Å². The molecule has 4 rings (SSSR count). The molecule has 0 spiro atoms. The predicted molar refractivity (Wildman–Crippen MR) is 138 cm³/mol. The number of halogens is 2. The number of fused-ring (bicyclic) bond motifs is 1. The van der Waals surface area contributed by atoms with Crippen LogP contribution in [0.15, 0.2) is 77.7 Å². The van der Waals surface area contributed by atoms with Crippen molar-refractivity contribution in [2.24, 2.45) is 0 Å². The van der Waals surface area contributed by atoms with Crippen molar-refractivity contribution in [1.82, 2.24) is 5.32 Å². The lowest BCUT2D eigenvalue weighted by Gasteiger charge is -2.41. The molecule has 1 heterocycles. The molecule has 190 valence electrons. The molecule has 1 aliphatic heterocycles. The van der Waals surface area contributed by atoms with Gasteiger partial charge in [0.25, 0.3) is 10.0 Å². The van der Waals surface area contributed by atoms with Crippen molar-refractivity contribution in [2.75, 3.05) is 10.8 Å². The first-order valence-corrected chi connectivity index (χ1v) is 13.6. The molecule has 0 saturated carbocycles. The fourth-order valence-electron chi connectivity index (χ4n) is 4.48. The number of benzene rings is 3. The van der Waals surface area contributed by atoms with E-state index < -0.39 is 33.9 Å². The number of para-hydroxylation sites is 1. The van der Waals surface area contributed by atoms with Crippen LogP contribution in [0, 0.1) is 5.82 Å². The molecule has 0 saturated heterocycles. The largest absolute Gasteiger partial charge is 0.487 e. The molecule has 6 nitrogen and oxygen atoms in total. The molecule has 9 heteroatoms. The van der Waals surface area contributed by atoms with Gasteiger partial charge in [-0.1, -0.05) is 61.8 Å². The summed E-state index contributed by atoms with van der Waals surface area (Å²) >= 11 is 5.95. The van der Waals surface area contributed by atoms with Crippen LogP contribution in [-0.4, -0.2) is 26.5 Å². The number of ether oxygens (including phenoxy) is 1. The van der Waals surface area contributed by atoms with E-state index in [2.05, 4.69) is 5.32 Å². The van der Waals surface area contributed by atoms with E-state index in [1.165, 1.54) is 24.3 Å². The van der Waals surface area contributed by atoms with Crippen molar-refractivity contribution >= 4 is 33.2 Å². The van der Waals surface area contributed by atoms with Crippen LogP contribution in [0.25, 0.3) is 0 Å². The second-order valence-electron chi connectivity index (χ2n) is 8.78. The molecule has 3 aromatic carbocycles. The Hall–Kier alpha value is -3.10. The number of nitrogens with zero attached hydrogens (tertiary/aromatic N) is 1. The molecule has 0 bridgehead atoms. The Kier molecular flexibility index (Phi) is 7.57. The van der Waals surface area contributed by atoms with Crippen LogP contribution in [-0.2, 0) is 14.8 Å². The molecule has 0 radical (unpaired) electrons. The Morgan fingerprint density at radius 3 is 2.42 bits per heavy atom. The van der Waals surface area contributed by atoms with Crippen molar-refractivity contribution in [1.29, 1.82) is 0 Å². The standard InChI is InChI=1S/C27H28ClFN2O4S/c1-3-27(4-2)17-24(21-12-8-9-13-25(21)35-27)30-26(32)18-31(19-14-15-23(29)22(28)16-19)36(33,34)20-10-6-5-7-11-20/h5-16,24H,3-4,17-18H2,1-2H3,(H,30,32)/t24-/m1/s1. The zero-order chi connectivity index (χ0) is 25.9. The van der Waals surface area contributed by atoms with E-state index in [0.29, 0.717) is 12.2 Å². The first-order chi connectivity index (χ1) is 17.2. The first kappa shape index (κ1) is 26.0. The molecule has 0 aromatic heterocycles. The quantitative estimate of drug-likeness (QED) is 0.395. The highest BCUT2D eigenvalue weighted by molar-refractivity contribution is 7.92. The summed E-state index contributed by atoms with van der Waals surface area (Å²) in [6.07, 6.45) is 2.07. The molecule has 1 atom stereocenters. The number of hydrogen-bond donors (Lipinski definition) is 1. The number of anilines is 1. The van der Waals surface area contributed by atoms with Crippen LogP contribution in [0.2, 0.25) is 5.02 Å². The average molecular weight is 531 g/mol. The Morgan fingerprint density at radius 2 is 1.75 bits per heavy atom. The molecular formula is C27H28ClFN2O4S. The number of nitrogens with one attached hydrogen (secondary N) is 1. The van der Waals surface area contributed by atoms with Crippen LogP contribution in [0.3, 0.4) is 0 Å². The molecule has 36 heavy (non-hydrogen) atoms. The highest BCUT2D eigenvalue weighted by Gasteiger charge is 2.39. The second kappa shape index (κ2) is 10.5. The minimum Gasteiger partial charge on any atom is -0.487 e. The Morgan fingerprint density at radius 1 is 1.08 bits per heavy atom.